The van der Waals surface area contributed by atoms with Gasteiger partial charge in [-0.15, -0.1) is 0 Å². The Labute approximate surface area is 124 Å². The Hall–Kier alpha value is -1.24. The van der Waals surface area contributed by atoms with Gasteiger partial charge in [-0.05, 0) is 36.4 Å². The second-order valence-electron chi connectivity index (χ2n) is 3.72. The molecule has 100 valence electrons. The molecule has 2 rings (SSSR count). The third-order valence-electron chi connectivity index (χ3n) is 2.33. The zero-order valence-electron chi connectivity index (χ0n) is 9.47. The van der Waals surface area contributed by atoms with Gasteiger partial charge in [0.25, 0.3) is 10.0 Å². The minimum Gasteiger partial charge on any atom is -0.506 e. The van der Waals surface area contributed by atoms with Crippen LogP contribution in [0, 0.1) is 0 Å². The SMILES string of the molecule is O=S(=O)(Nc1ccc(Cl)cc1O)c1ccc(Br)cc1. The maximum absolute atomic E-state index is 12.1. The fraction of sp³-hybridized carbons (Fsp3) is 0. The molecule has 4 nitrogen and oxygen atoms in total. The summed E-state index contributed by atoms with van der Waals surface area (Å²) in [6.45, 7) is 0. The van der Waals surface area contributed by atoms with E-state index in [1.165, 1.54) is 30.3 Å². The largest absolute Gasteiger partial charge is 0.506 e. The molecule has 0 aromatic heterocycles. The number of nitrogens with one attached hydrogen (secondary N) is 1. The number of benzene rings is 2. The monoisotopic (exact) mass is 361 g/mol. The van der Waals surface area contributed by atoms with Crippen LogP contribution in [0.25, 0.3) is 0 Å². The van der Waals surface area contributed by atoms with Crippen LogP contribution in [0.4, 0.5) is 5.69 Å². The standard InChI is InChI=1S/C12H9BrClNO3S/c13-8-1-4-10(5-2-8)19(17,18)15-11-6-3-9(14)7-12(11)16/h1-7,15-16H. The molecule has 2 aromatic carbocycles. The van der Waals surface area contributed by atoms with E-state index in [1.54, 1.807) is 12.1 Å². The first-order valence-corrected chi connectivity index (χ1v) is 7.81. The molecule has 0 spiro atoms. The lowest BCUT2D eigenvalue weighted by atomic mass is 10.3. The Kier molecular flexibility index (Phi) is 4.03. The van der Waals surface area contributed by atoms with E-state index >= 15 is 0 Å². The number of anilines is 1. The molecule has 0 saturated heterocycles. The van der Waals surface area contributed by atoms with Crippen molar-refractivity contribution in [3.8, 4) is 5.75 Å². The van der Waals surface area contributed by atoms with Crippen molar-refractivity contribution in [3.05, 3.63) is 52.0 Å². The van der Waals surface area contributed by atoms with Gasteiger partial charge in [-0.2, -0.15) is 0 Å². The lowest BCUT2D eigenvalue weighted by Gasteiger charge is -2.09. The molecule has 0 radical (unpaired) electrons. The summed E-state index contributed by atoms with van der Waals surface area (Å²) in [7, 11) is -3.74. The van der Waals surface area contributed by atoms with Gasteiger partial charge in [0, 0.05) is 15.6 Å². The van der Waals surface area contributed by atoms with Crippen molar-refractivity contribution in [1.82, 2.24) is 0 Å². The van der Waals surface area contributed by atoms with E-state index in [0.29, 0.717) is 5.02 Å². The summed E-state index contributed by atoms with van der Waals surface area (Å²) in [6.07, 6.45) is 0. The molecule has 2 aromatic rings. The van der Waals surface area contributed by atoms with E-state index < -0.39 is 10.0 Å². The normalized spacial score (nSPS) is 11.3. The van der Waals surface area contributed by atoms with Crippen molar-refractivity contribution < 1.29 is 13.5 Å². The van der Waals surface area contributed by atoms with E-state index in [0.717, 1.165) is 4.47 Å². The van der Waals surface area contributed by atoms with Crippen LogP contribution in [0.1, 0.15) is 0 Å². The molecule has 0 atom stereocenters. The van der Waals surface area contributed by atoms with Gasteiger partial charge in [0.05, 0.1) is 10.6 Å². The maximum atomic E-state index is 12.1. The third-order valence-corrected chi connectivity index (χ3v) is 4.47. The van der Waals surface area contributed by atoms with Crippen LogP contribution < -0.4 is 4.72 Å². The molecule has 0 bridgehead atoms. The maximum Gasteiger partial charge on any atom is 0.262 e. The number of phenolic OH excluding ortho intramolecular Hbond substituents is 1. The van der Waals surface area contributed by atoms with Gasteiger partial charge >= 0.3 is 0 Å². The minimum absolute atomic E-state index is 0.0762. The zero-order valence-corrected chi connectivity index (χ0v) is 12.6. The minimum atomic E-state index is -3.74. The van der Waals surface area contributed by atoms with Crippen molar-refractivity contribution >= 4 is 43.2 Å². The highest BCUT2D eigenvalue weighted by Gasteiger charge is 2.15. The van der Waals surface area contributed by atoms with Gasteiger partial charge in [0.1, 0.15) is 5.75 Å². The van der Waals surface area contributed by atoms with Crippen molar-refractivity contribution in [3.63, 3.8) is 0 Å². The molecule has 0 amide bonds. The van der Waals surface area contributed by atoms with Crippen LogP contribution in [-0.2, 0) is 10.0 Å². The number of hydrogen-bond acceptors (Lipinski definition) is 3. The topological polar surface area (TPSA) is 66.4 Å². The highest BCUT2D eigenvalue weighted by Crippen LogP contribution is 2.28. The number of sulfonamides is 1. The quantitative estimate of drug-likeness (QED) is 0.820. The van der Waals surface area contributed by atoms with Crippen molar-refractivity contribution in [2.24, 2.45) is 0 Å². The Bertz CT molecular complexity index is 701. The summed E-state index contributed by atoms with van der Waals surface area (Å²) in [4.78, 5) is 0.102. The van der Waals surface area contributed by atoms with Gasteiger partial charge in [-0.3, -0.25) is 4.72 Å². The van der Waals surface area contributed by atoms with Crippen molar-refractivity contribution in [2.45, 2.75) is 4.90 Å². The Morgan fingerprint density at radius 3 is 2.32 bits per heavy atom. The molecule has 2 N–H and O–H groups in total. The number of rotatable bonds is 3. The predicted molar refractivity (Wildman–Crippen MR) is 78.1 cm³/mol. The number of halogens is 2. The van der Waals surface area contributed by atoms with E-state index in [9.17, 15) is 13.5 Å². The molecule has 0 aliphatic rings. The molecular formula is C12H9BrClNO3S. The Morgan fingerprint density at radius 2 is 1.74 bits per heavy atom. The Balaban J connectivity index is 2.33. The van der Waals surface area contributed by atoms with E-state index in [4.69, 9.17) is 11.6 Å². The molecule has 0 heterocycles. The van der Waals surface area contributed by atoms with Crippen LogP contribution in [0.15, 0.2) is 51.8 Å². The van der Waals surface area contributed by atoms with Gasteiger partial charge < -0.3 is 5.11 Å². The molecule has 7 heteroatoms. The summed E-state index contributed by atoms with van der Waals surface area (Å²) >= 11 is 8.91. The highest BCUT2D eigenvalue weighted by atomic mass is 79.9. The summed E-state index contributed by atoms with van der Waals surface area (Å²) < 4.78 is 27.2. The van der Waals surface area contributed by atoms with Gasteiger partial charge in [-0.25, -0.2) is 8.42 Å². The summed E-state index contributed by atoms with van der Waals surface area (Å²) in [6, 6.07) is 10.3. The van der Waals surface area contributed by atoms with Crippen LogP contribution in [0.3, 0.4) is 0 Å². The average molecular weight is 363 g/mol. The smallest absolute Gasteiger partial charge is 0.262 e. The van der Waals surface area contributed by atoms with E-state index in [1.807, 2.05) is 0 Å². The summed E-state index contributed by atoms with van der Waals surface area (Å²) in [5, 5.41) is 9.95. The second-order valence-corrected chi connectivity index (χ2v) is 6.76. The second kappa shape index (κ2) is 5.40. The molecule has 19 heavy (non-hydrogen) atoms. The Morgan fingerprint density at radius 1 is 1.11 bits per heavy atom. The lowest BCUT2D eigenvalue weighted by Crippen LogP contribution is -2.12. The number of phenols is 1. The summed E-state index contributed by atoms with van der Waals surface area (Å²) in [5.74, 6) is -0.229. The van der Waals surface area contributed by atoms with Crippen molar-refractivity contribution in [1.29, 1.82) is 0 Å². The molecule has 0 saturated carbocycles. The lowest BCUT2D eigenvalue weighted by molar-refractivity contribution is 0.477. The number of hydrogen-bond donors (Lipinski definition) is 2. The van der Waals surface area contributed by atoms with Gasteiger partial charge in [0.15, 0.2) is 0 Å². The first kappa shape index (κ1) is 14.2. The van der Waals surface area contributed by atoms with Crippen molar-refractivity contribution in [2.75, 3.05) is 4.72 Å². The molecule has 0 aliphatic heterocycles. The molecular weight excluding hydrogens is 354 g/mol. The fourth-order valence-corrected chi connectivity index (χ4v) is 2.91. The number of aromatic hydroxyl groups is 1. The fourth-order valence-electron chi connectivity index (χ4n) is 1.41. The third kappa shape index (κ3) is 3.40. The first-order chi connectivity index (χ1) is 8.88. The molecule has 0 unspecified atom stereocenters. The van der Waals surface area contributed by atoms with E-state index in [-0.39, 0.29) is 16.3 Å². The highest BCUT2D eigenvalue weighted by molar-refractivity contribution is 9.10. The average Bonchev–Trinajstić information content (AvgIpc) is 2.33. The van der Waals surface area contributed by atoms with Crippen LogP contribution in [-0.4, -0.2) is 13.5 Å². The van der Waals surface area contributed by atoms with E-state index in [2.05, 4.69) is 20.7 Å². The van der Waals surface area contributed by atoms with Crippen LogP contribution in [0.2, 0.25) is 5.02 Å². The molecule has 0 aliphatic carbocycles. The summed E-state index contributed by atoms with van der Waals surface area (Å²) in [5.41, 5.74) is 0.0762. The first-order valence-electron chi connectivity index (χ1n) is 5.15. The molecule has 0 fully saturated rings. The van der Waals surface area contributed by atoms with Gasteiger partial charge in [-0.1, -0.05) is 27.5 Å². The zero-order chi connectivity index (χ0) is 14.0. The van der Waals surface area contributed by atoms with Gasteiger partial charge in [0.2, 0.25) is 0 Å². The van der Waals surface area contributed by atoms with Crippen LogP contribution >= 0.6 is 27.5 Å². The predicted octanol–water partition coefficient (Wildman–Crippen LogP) is 3.61. The van der Waals surface area contributed by atoms with Crippen LogP contribution in [0.5, 0.6) is 5.75 Å².